The lowest BCUT2D eigenvalue weighted by atomic mass is 10.0. The summed E-state index contributed by atoms with van der Waals surface area (Å²) in [5.74, 6) is -0.162. The van der Waals surface area contributed by atoms with Crippen molar-refractivity contribution < 1.29 is 18.7 Å². The maximum atomic E-state index is 13.7. The van der Waals surface area contributed by atoms with E-state index in [2.05, 4.69) is 29.6 Å². The molecule has 0 radical (unpaired) electrons. The molecular formula is C33H34FN3O3. The van der Waals surface area contributed by atoms with Gasteiger partial charge < -0.3 is 14.6 Å². The summed E-state index contributed by atoms with van der Waals surface area (Å²) in [6, 6.07) is 24.4. The molecular weight excluding hydrogens is 505 g/mol. The maximum absolute atomic E-state index is 13.7. The van der Waals surface area contributed by atoms with Crippen LogP contribution in [-0.2, 0) is 22.6 Å². The predicted molar refractivity (Wildman–Crippen MR) is 153 cm³/mol. The minimum absolute atomic E-state index is 0.00140. The SMILES string of the molecule is CC(C)c1c(C(=O)NCc2ccc(-c3ccccc3)cc2)nc(-c2ccc(F)cc2)n1CCC1CCCC(=O)O1. The van der Waals surface area contributed by atoms with E-state index in [9.17, 15) is 14.0 Å². The molecule has 0 spiro atoms. The third-order valence-corrected chi connectivity index (χ3v) is 7.27. The van der Waals surface area contributed by atoms with Crippen LogP contribution in [-0.4, -0.2) is 27.5 Å². The maximum Gasteiger partial charge on any atom is 0.306 e. The van der Waals surface area contributed by atoms with Gasteiger partial charge in [-0.2, -0.15) is 0 Å². The quantitative estimate of drug-likeness (QED) is 0.235. The summed E-state index contributed by atoms with van der Waals surface area (Å²) in [6.07, 6.45) is 2.54. The average molecular weight is 540 g/mol. The fourth-order valence-electron chi connectivity index (χ4n) is 5.23. The Balaban J connectivity index is 1.39. The zero-order valence-electron chi connectivity index (χ0n) is 22.9. The van der Waals surface area contributed by atoms with Crippen LogP contribution in [0.4, 0.5) is 4.39 Å². The first-order chi connectivity index (χ1) is 19.4. The molecule has 1 aliphatic rings. The first kappa shape index (κ1) is 27.3. The largest absolute Gasteiger partial charge is 0.462 e. The molecule has 1 aromatic heterocycles. The smallest absolute Gasteiger partial charge is 0.306 e. The molecule has 3 aromatic carbocycles. The van der Waals surface area contributed by atoms with Gasteiger partial charge in [0.25, 0.3) is 5.91 Å². The number of rotatable bonds is 9. The Morgan fingerprint density at radius 2 is 1.68 bits per heavy atom. The average Bonchev–Trinajstić information content (AvgIpc) is 3.36. The van der Waals surface area contributed by atoms with Crippen molar-refractivity contribution in [2.45, 2.75) is 64.6 Å². The fraction of sp³-hybridized carbons (Fsp3) is 0.303. The van der Waals surface area contributed by atoms with Crippen LogP contribution in [0.1, 0.15) is 67.2 Å². The molecule has 4 aromatic rings. The highest BCUT2D eigenvalue weighted by molar-refractivity contribution is 5.94. The van der Waals surface area contributed by atoms with Gasteiger partial charge in [-0.25, -0.2) is 9.37 Å². The van der Waals surface area contributed by atoms with E-state index in [4.69, 9.17) is 9.72 Å². The van der Waals surface area contributed by atoms with Gasteiger partial charge in [0, 0.05) is 31.5 Å². The van der Waals surface area contributed by atoms with Crippen LogP contribution < -0.4 is 5.32 Å². The molecule has 0 aliphatic carbocycles. The van der Waals surface area contributed by atoms with E-state index in [-0.39, 0.29) is 29.7 Å². The summed E-state index contributed by atoms with van der Waals surface area (Å²) >= 11 is 0. The number of benzene rings is 3. The van der Waals surface area contributed by atoms with Gasteiger partial charge in [-0.3, -0.25) is 9.59 Å². The highest BCUT2D eigenvalue weighted by atomic mass is 19.1. The number of amides is 1. The fourth-order valence-corrected chi connectivity index (χ4v) is 5.23. The molecule has 6 nitrogen and oxygen atoms in total. The van der Waals surface area contributed by atoms with E-state index >= 15 is 0 Å². The molecule has 5 rings (SSSR count). The number of nitrogens with one attached hydrogen (secondary N) is 1. The number of carbonyl (C=O) groups is 2. The monoisotopic (exact) mass is 539 g/mol. The molecule has 1 amide bonds. The number of cyclic esters (lactones) is 1. The summed E-state index contributed by atoms with van der Waals surface area (Å²) in [5.41, 5.74) is 5.12. The zero-order chi connectivity index (χ0) is 28.1. The Morgan fingerprint density at radius 3 is 2.35 bits per heavy atom. The van der Waals surface area contributed by atoms with Gasteiger partial charge in [0.05, 0.1) is 5.69 Å². The summed E-state index contributed by atoms with van der Waals surface area (Å²) < 4.78 is 21.3. The highest BCUT2D eigenvalue weighted by Crippen LogP contribution is 2.30. The summed E-state index contributed by atoms with van der Waals surface area (Å²) in [6.45, 7) is 4.95. The van der Waals surface area contributed by atoms with E-state index in [0.29, 0.717) is 37.4 Å². The first-order valence-corrected chi connectivity index (χ1v) is 13.9. The van der Waals surface area contributed by atoms with Crippen molar-refractivity contribution in [3.8, 4) is 22.5 Å². The van der Waals surface area contributed by atoms with Crippen LogP contribution in [0.3, 0.4) is 0 Å². The van der Waals surface area contributed by atoms with Gasteiger partial charge in [-0.15, -0.1) is 0 Å². The van der Waals surface area contributed by atoms with Crippen molar-refractivity contribution in [1.82, 2.24) is 14.9 Å². The van der Waals surface area contributed by atoms with E-state index in [1.807, 2.05) is 48.7 Å². The third kappa shape index (κ3) is 6.30. The molecule has 1 N–H and O–H groups in total. The molecule has 1 unspecified atom stereocenters. The molecule has 40 heavy (non-hydrogen) atoms. The van der Waals surface area contributed by atoms with Crippen LogP contribution in [0.15, 0.2) is 78.9 Å². The highest BCUT2D eigenvalue weighted by Gasteiger charge is 2.27. The Labute approximate surface area is 234 Å². The van der Waals surface area contributed by atoms with Crippen molar-refractivity contribution in [3.05, 3.63) is 102 Å². The van der Waals surface area contributed by atoms with Crippen molar-refractivity contribution >= 4 is 11.9 Å². The van der Waals surface area contributed by atoms with E-state index in [0.717, 1.165) is 40.8 Å². The van der Waals surface area contributed by atoms with Gasteiger partial charge >= 0.3 is 5.97 Å². The lowest BCUT2D eigenvalue weighted by Crippen LogP contribution is -2.26. The van der Waals surface area contributed by atoms with Crippen molar-refractivity contribution in [1.29, 1.82) is 0 Å². The zero-order valence-corrected chi connectivity index (χ0v) is 22.9. The van der Waals surface area contributed by atoms with Crippen LogP contribution in [0.2, 0.25) is 0 Å². The molecule has 0 saturated carbocycles. The minimum Gasteiger partial charge on any atom is -0.462 e. The van der Waals surface area contributed by atoms with Gasteiger partial charge in [0.1, 0.15) is 23.4 Å². The summed E-state index contributed by atoms with van der Waals surface area (Å²) in [4.78, 5) is 30.1. The third-order valence-electron chi connectivity index (χ3n) is 7.27. The Morgan fingerprint density at radius 1 is 1.00 bits per heavy atom. The second kappa shape index (κ2) is 12.3. The number of nitrogens with zero attached hydrogens (tertiary/aromatic N) is 2. The lowest BCUT2D eigenvalue weighted by Gasteiger charge is -2.23. The molecule has 7 heteroatoms. The Bertz CT molecular complexity index is 1460. The van der Waals surface area contributed by atoms with Gasteiger partial charge in [0.2, 0.25) is 0 Å². The number of carbonyl (C=O) groups excluding carboxylic acids is 2. The minimum atomic E-state index is -0.337. The number of aromatic nitrogens is 2. The normalized spacial score (nSPS) is 15.2. The van der Waals surface area contributed by atoms with Gasteiger partial charge in [-0.1, -0.05) is 68.4 Å². The second-order valence-corrected chi connectivity index (χ2v) is 10.5. The number of esters is 1. The van der Waals surface area contributed by atoms with Crippen LogP contribution in [0.25, 0.3) is 22.5 Å². The summed E-state index contributed by atoms with van der Waals surface area (Å²) in [7, 11) is 0. The second-order valence-electron chi connectivity index (χ2n) is 10.5. The number of hydrogen-bond donors (Lipinski definition) is 1. The van der Waals surface area contributed by atoms with Crippen molar-refractivity contribution in [3.63, 3.8) is 0 Å². The van der Waals surface area contributed by atoms with Crippen LogP contribution in [0, 0.1) is 5.82 Å². The molecule has 1 aliphatic heterocycles. The number of imidazole rings is 1. The molecule has 1 atom stereocenters. The first-order valence-electron chi connectivity index (χ1n) is 13.9. The topological polar surface area (TPSA) is 73.2 Å². The van der Waals surface area contributed by atoms with E-state index < -0.39 is 0 Å². The van der Waals surface area contributed by atoms with Crippen LogP contribution in [0.5, 0.6) is 0 Å². The van der Waals surface area contributed by atoms with Crippen LogP contribution >= 0.6 is 0 Å². The molecule has 206 valence electrons. The van der Waals surface area contributed by atoms with Crippen molar-refractivity contribution in [2.75, 3.05) is 0 Å². The molecule has 1 fully saturated rings. The summed E-state index contributed by atoms with van der Waals surface area (Å²) in [5, 5.41) is 3.04. The van der Waals surface area contributed by atoms with E-state index in [1.54, 1.807) is 12.1 Å². The molecule has 0 bridgehead atoms. The predicted octanol–water partition coefficient (Wildman–Crippen LogP) is 6.90. The number of ether oxygens (including phenoxy) is 1. The Kier molecular flexibility index (Phi) is 8.39. The number of halogens is 1. The lowest BCUT2D eigenvalue weighted by molar-refractivity contribution is -0.154. The standard InChI is InChI=1S/C33H34FN3O3/c1-22(2)31-30(33(39)35-21-23-11-13-25(14-12-23)24-7-4-3-5-8-24)36-32(26-15-17-27(34)18-16-26)37(31)20-19-28-9-6-10-29(38)40-28/h3-5,7-8,11-18,22,28H,6,9-10,19-21H2,1-2H3,(H,35,39). The molecule has 2 heterocycles. The van der Waals surface area contributed by atoms with E-state index in [1.165, 1.54) is 12.1 Å². The van der Waals surface area contributed by atoms with Gasteiger partial charge in [-0.05, 0) is 59.7 Å². The number of hydrogen-bond acceptors (Lipinski definition) is 4. The Hall–Kier alpha value is -4.26. The molecule has 1 saturated heterocycles. The van der Waals surface area contributed by atoms with Crippen molar-refractivity contribution in [2.24, 2.45) is 0 Å². The van der Waals surface area contributed by atoms with Gasteiger partial charge in [0.15, 0.2) is 0 Å².